The lowest BCUT2D eigenvalue weighted by Gasteiger charge is -2.20. The first-order valence-electron chi connectivity index (χ1n) is 10.7. The van der Waals surface area contributed by atoms with E-state index >= 15 is 0 Å². The van der Waals surface area contributed by atoms with Crippen LogP contribution in [0.4, 0.5) is 11.4 Å². The Bertz CT molecular complexity index is 966. The summed E-state index contributed by atoms with van der Waals surface area (Å²) in [6.07, 6.45) is 0. The van der Waals surface area contributed by atoms with Gasteiger partial charge in [0.2, 0.25) is 0 Å². The minimum Gasteiger partial charge on any atom is -0.424 e. The van der Waals surface area contributed by atoms with Gasteiger partial charge < -0.3 is 9.05 Å². The lowest BCUT2D eigenvalue weighted by molar-refractivity contribution is -0.385. The fourth-order valence-corrected chi connectivity index (χ4v) is 6.49. The van der Waals surface area contributed by atoms with Crippen LogP contribution in [-0.2, 0) is 41.7 Å². The number of benzene rings is 2. The van der Waals surface area contributed by atoms with Gasteiger partial charge in [0.1, 0.15) is 11.5 Å². The Morgan fingerprint density at radius 3 is 1.06 bits per heavy atom. The van der Waals surface area contributed by atoms with Gasteiger partial charge in [0, 0.05) is 47.9 Å². The molecule has 0 aliphatic rings. The summed E-state index contributed by atoms with van der Waals surface area (Å²) in [5.74, 6) is 0.789. The molecule has 2 aromatic carbocycles. The standard InChI is InChI=1S/2C10H14NO5PS/c2*1-3-14-17(18,15-4-2)16-10-7-5-9(6-8-10)11(12)13/h2*5-8H,3-4H2,1-2H3. The minimum absolute atomic E-state index is 0.0107. The van der Waals surface area contributed by atoms with Crippen LogP contribution in [0.2, 0.25) is 0 Å². The average Bonchev–Trinajstić information content (AvgIpc) is 2.80. The van der Waals surface area contributed by atoms with E-state index in [9.17, 15) is 20.2 Å². The molecule has 0 radical (unpaired) electrons. The Balaban J connectivity index is 0.000000360. The Morgan fingerprint density at radius 2 is 0.861 bits per heavy atom. The van der Waals surface area contributed by atoms with E-state index < -0.39 is 23.3 Å². The monoisotopic (exact) mass is 582 g/mol. The van der Waals surface area contributed by atoms with Gasteiger partial charge in [-0.15, -0.1) is 0 Å². The molecule has 2 rings (SSSR count). The van der Waals surface area contributed by atoms with Gasteiger partial charge in [-0.05, 0) is 52.0 Å². The number of nitrogens with zero attached hydrogens (tertiary/aromatic N) is 2. The topological polar surface area (TPSA) is 142 Å². The van der Waals surface area contributed by atoms with Crippen molar-refractivity contribution in [3.63, 3.8) is 0 Å². The summed E-state index contributed by atoms with van der Waals surface area (Å²) in [6, 6.07) is 11.2. The summed E-state index contributed by atoms with van der Waals surface area (Å²) in [6.45, 7) is 3.05. The zero-order chi connectivity index (χ0) is 27.2. The number of non-ortho nitro benzene ring substituents is 2. The van der Waals surface area contributed by atoms with Crippen LogP contribution in [0.15, 0.2) is 48.5 Å². The van der Waals surface area contributed by atoms with E-state index in [0.29, 0.717) is 37.9 Å². The number of nitro benzene ring substituents is 2. The third-order valence-corrected chi connectivity index (χ3v) is 8.56. The summed E-state index contributed by atoms with van der Waals surface area (Å²) in [4.78, 5) is 20.0. The second kappa shape index (κ2) is 16.0. The molecule has 200 valence electrons. The minimum atomic E-state index is -2.82. The van der Waals surface area contributed by atoms with Crippen LogP contribution in [0.5, 0.6) is 11.5 Å². The Kier molecular flexibility index (Phi) is 14.2. The second-order valence-corrected chi connectivity index (χ2v) is 12.1. The zero-order valence-electron chi connectivity index (χ0n) is 20.1. The highest BCUT2D eigenvalue weighted by Crippen LogP contribution is 2.50. The highest BCUT2D eigenvalue weighted by atomic mass is 32.5. The van der Waals surface area contributed by atoms with Gasteiger partial charge in [-0.25, -0.2) is 0 Å². The van der Waals surface area contributed by atoms with E-state index in [2.05, 4.69) is 0 Å². The summed E-state index contributed by atoms with van der Waals surface area (Å²) in [7, 11) is 0. The van der Waals surface area contributed by atoms with Crippen molar-refractivity contribution in [3.8, 4) is 11.5 Å². The lowest BCUT2D eigenvalue weighted by atomic mass is 10.3. The van der Waals surface area contributed by atoms with E-state index in [1.807, 2.05) is 0 Å². The fraction of sp³-hybridized carbons (Fsp3) is 0.400. The molecule has 0 N–H and O–H groups in total. The molecule has 16 heteroatoms. The lowest BCUT2D eigenvalue weighted by Crippen LogP contribution is -2.02. The summed E-state index contributed by atoms with van der Waals surface area (Å²) < 4.78 is 32.1. The smallest absolute Gasteiger partial charge is 0.380 e. The van der Waals surface area contributed by atoms with Crippen LogP contribution < -0.4 is 9.05 Å². The zero-order valence-corrected chi connectivity index (χ0v) is 23.6. The average molecular weight is 583 g/mol. The summed E-state index contributed by atoms with van der Waals surface area (Å²) in [5, 5.41) is 21.0. The van der Waals surface area contributed by atoms with Gasteiger partial charge in [-0.2, -0.15) is 0 Å². The third-order valence-electron chi connectivity index (χ3n) is 3.68. The second-order valence-electron chi connectivity index (χ2n) is 6.25. The van der Waals surface area contributed by atoms with Crippen molar-refractivity contribution in [2.24, 2.45) is 0 Å². The van der Waals surface area contributed by atoms with Gasteiger partial charge in [0.05, 0.1) is 36.3 Å². The number of hydrogen-bond donors (Lipinski definition) is 0. The first-order chi connectivity index (χ1) is 17.0. The molecule has 0 heterocycles. The van der Waals surface area contributed by atoms with Crippen molar-refractivity contribution in [1.29, 1.82) is 0 Å². The molecule has 0 aliphatic heterocycles. The van der Waals surface area contributed by atoms with Crippen LogP contribution in [0.25, 0.3) is 0 Å². The number of rotatable bonds is 14. The van der Waals surface area contributed by atoms with Gasteiger partial charge in [-0.1, -0.05) is 0 Å². The molecule has 0 aromatic heterocycles. The van der Waals surface area contributed by atoms with Gasteiger partial charge in [0.15, 0.2) is 0 Å². The first-order valence-corrected chi connectivity index (χ1v) is 15.8. The van der Waals surface area contributed by atoms with Crippen molar-refractivity contribution in [3.05, 3.63) is 68.8 Å². The van der Waals surface area contributed by atoms with E-state index in [0.717, 1.165) is 0 Å². The van der Waals surface area contributed by atoms with Gasteiger partial charge in [-0.3, -0.25) is 38.3 Å². The summed E-state index contributed by atoms with van der Waals surface area (Å²) >= 11 is 10.4. The van der Waals surface area contributed by atoms with Crippen LogP contribution in [-0.4, -0.2) is 36.3 Å². The molecule has 0 atom stereocenters. The van der Waals surface area contributed by atoms with Crippen LogP contribution >= 0.6 is 13.4 Å². The van der Waals surface area contributed by atoms with Gasteiger partial charge in [0.25, 0.3) is 11.4 Å². The molecule has 0 spiro atoms. The van der Waals surface area contributed by atoms with Crippen molar-refractivity contribution >= 4 is 48.4 Å². The van der Waals surface area contributed by atoms with Crippen molar-refractivity contribution in [1.82, 2.24) is 0 Å². The largest absolute Gasteiger partial charge is 0.424 e. The maximum atomic E-state index is 10.5. The molecule has 0 aliphatic carbocycles. The van der Waals surface area contributed by atoms with Crippen LogP contribution in [0.1, 0.15) is 27.7 Å². The molecular weight excluding hydrogens is 554 g/mol. The van der Waals surface area contributed by atoms with Crippen LogP contribution in [0, 0.1) is 20.2 Å². The molecule has 0 fully saturated rings. The van der Waals surface area contributed by atoms with Crippen molar-refractivity contribution in [2.75, 3.05) is 26.4 Å². The molecular formula is C20H28N2O10P2S2. The van der Waals surface area contributed by atoms with E-state index in [1.165, 1.54) is 48.5 Å². The van der Waals surface area contributed by atoms with E-state index in [4.69, 9.17) is 50.8 Å². The normalized spacial score (nSPS) is 11.2. The molecule has 0 saturated carbocycles. The van der Waals surface area contributed by atoms with Crippen molar-refractivity contribution in [2.45, 2.75) is 27.7 Å². The summed E-state index contributed by atoms with van der Waals surface area (Å²) in [5.41, 5.74) is -0.0213. The molecule has 12 nitrogen and oxygen atoms in total. The van der Waals surface area contributed by atoms with Crippen molar-refractivity contribution < 1.29 is 37.0 Å². The Labute approximate surface area is 219 Å². The fourth-order valence-electron chi connectivity index (χ4n) is 2.33. The number of hydrogen-bond acceptors (Lipinski definition) is 12. The van der Waals surface area contributed by atoms with Crippen LogP contribution in [0.3, 0.4) is 0 Å². The predicted octanol–water partition coefficient (Wildman–Crippen LogP) is 6.54. The maximum absolute atomic E-state index is 10.5. The van der Waals surface area contributed by atoms with E-state index in [1.54, 1.807) is 27.7 Å². The molecule has 0 bridgehead atoms. The highest BCUT2D eigenvalue weighted by Gasteiger charge is 2.22. The van der Waals surface area contributed by atoms with Gasteiger partial charge >= 0.3 is 13.4 Å². The highest BCUT2D eigenvalue weighted by molar-refractivity contribution is 8.08. The quantitative estimate of drug-likeness (QED) is 0.136. The maximum Gasteiger partial charge on any atom is 0.380 e. The Morgan fingerprint density at radius 1 is 0.611 bits per heavy atom. The predicted molar refractivity (Wildman–Crippen MR) is 143 cm³/mol. The van der Waals surface area contributed by atoms with E-state index in [-0.39, 0.29) is 11.4 Å². The SMILES string of the molecule is CCOP(=S)(OCC)Oc1ccc([N+](=O)[O-])cc1.CCOP(=S)(OCC)Oc1ccc([N+](=O)[O-])cc1. The number of nitro groups is 2. The molecule has 2 aromatic rings. The third kappa shape index (κ3) is 11.4. The molecule has 0 unspecified atom stereocenters. The molecule has 0 saturated heterocycles. The molecule has 0 amide bonds. The molecule has 36 heavy (non-hydrogen) atoms. The first kappa shape index (κ1) is 32.0. The Hall–Kier alpha value is -2.02.